The zero-order valence-electron chi connectivity index (χ0n) is 16.7. The minimum atomic E-state index is 0.972. The summed E-state index contributed by atoms with van der Waals surface area (Å²) in [7, 11) is 0. The molecular weight excluding hydrogens is 358 g/mol. The zero-order valence-corrected chi connectivity index (χ0v) is 16.7. The summed E-state index contributed by atoms with van der Waals surface area (Å²) in [5.41, 5.74) is 5.70. The summed E-state index contributed by atoms with van der Waals surface area (Å²) in [6.45, 7) is 7.12. The van der Waals surface area contributed by atoms with Gasteiger partial charge in [0.15, 0.2) is 5.82 Å². The van der Waals surface area contributed by atoms with Crippen LogP contribution < -0.4 is 4.90 Å². The van der Waals surface area contributed by atoms with Gasteiger partial charge >= 0.3 is 0 Å². The van der Waals surface area contributed by atoms with Crippen LogP contribution in [-0.2, 0) is 0 Å². The van der Waals surface area contributed by atoms with E-state index in [-0.39, 0.29) is 0 Å². The molecule has 0 radical (unpaired) electrons. The molecule has 5 rings (SSSR count). The van der Waals surface area contributed by atoms with Crippen molar-refractivity contribution in [1.82, 2.24) is 19.9 Å². The Kier molecular flexibility index (Phi) is 4.74. The molecule has 0 bridgehead atoms. The maximum absolute atomic E-state index is 4.63. The van der Waals surface area contributed by atoms with Crippen LogP contribution in [-0.4, -0.2) is 52.6 Å². The number of fused-ring (bicyclic) bond motifs is 3. The summed E-state index contributed by atoms with van der Waals surface area (Å²) in [4.78, 5) is 17.6. The first kappa shape index (κ1) is 17.9. The maximum atomic E-state index is 4.63. The number of aromatic amines is 1. The van der Waals surface area contributed by atoms with Gasteiger partial charge in [0.05, 0.1) is 0 Å². The monoisotopic (exact) mass is 383 g/mol. The standard InChI is InChI=1S/C24H25N5/c1-18-7-5-11-20-21(18)22-23(27-20)24(26-17-25-22)29-15-13-28(14-16-29)12-6-10-19-8-3-2-4-9-19/h2-11,17,27H,12-16H2,1H3. The van der Waals surface area contributed by atoms with Crippen molar-refractivity contribution in [2.24, 2.45) is 0 Å². The van der Waals surface area contributed by atoms with E-state index in [1.54, 1.807) is 6.33 Å². The average Bonchev–Trinajstić information content (AvgIpc) is 3.15. The second-order valence-corrected chi connectivity index (χ2v) is 7.64. The molecule has 3 heterocycles. The van der Waals surface area contributed by atoms with E-state index in [0.29, 0.717) is 0 Å². The smallest absolute Gasteiger partial charge is 0.156 e. The van der Waals surface area contributed by atoms with Crippen LogP contribution in [0.1, 0.15) is 11.1 Å². The molecule has 4 aromatic rings. The number of hydrogen-bond acceptors (Lipinski definition) is 4. The van der Waals surface area contributed by atoms with Crippen molar-refractivity contribution >= 4 is 33.8 Å². The third kappa shape index (κ3) is 3.49. The molecule has 2 aromatic heterocycles. The molecule has 1 aliphatic heterocycles. The van der Waals surface area contributed by atoms with Gasteiger partial charge in [0.25, 0.3) is 0 Å². The van der Waals surface area contributed by atoms with Gasteiger partial charge in [-0.2, -0.15) is 0 Å². The predicted molar refractivity (Wildman–Crippen MR) is 120 cm³/mol. The highest BCUT2D eigenvalue weighted by atomic mass is 15.3. The molecule has 0 aliphatic carbocycles. The van der Waals surface area contributed by atoms with Crippen LogP contribution >= 0.6 is 0 Å². The second kappa shape index (κ2) is 7.68. The Hall–Kier alpha value is -3.18. The van der Waals surface area contributed by atoms with Crippen LogP contribution in [0.2, 0.25) is 0 Å². The highest BCUT2D eigenvalue weighted by Crippen LogP contribution is 2.31. The van der Waals surface area contributed by atoms with E-state index in [2.05, 4.69) is 92.4 Å². The highest BCUT2D eigenvalue weighted by Gasteiger charge is 2.21. The van der Waals surface area contributed by atoms with Crippen molar-refractivity contribution in [2.75, 3.05) is 37.6 Å². The van der Waals surface area contributed by atoms with E-state index in [9.17, 15) is 0 Å². The average molecular weight is 383 g/mol. The number of aryl methyl sites for hydroxylation is 1. The number of rotatable bonds is 4. The topological polar surface area (TPSA) is 48.1 Å². The lowest BCUT2D eigenvalue weighted by Gasteiger charge is -2.34. The predicted octanol–water partition coefficient (Wildman–Crippen LogP) is 4.25. The minimum Gasteiger partial charge on any atom is -0.352 e. The minimum absolute atomic E-state index is 0.972. The Morgan fingerprint density at radius 1 is 0.966 bits per heavy atom. The normalized spacial score (nSPS) is 15.7. The largest absolute Gasteiger partial charge is 0.352 e. The Morgan fingerprint density at radius 2 is 1.79 bits per heavy atom. The van der Waals surface area contributed by atoms with E-state index in [1.807, 2.05) is 0 Å². The zero-order chi connectivity index (χ0) is 19.6. The van der Waals surface area contributed by atoms with E-state index >= 15 is 0 Å². The molecule has 0 spiro atoms. The number of hydrogen-bond donors (Lipinski definition) is 1. The first-order chi connectivity index (χ1) is 14.3. The van der Waals surface area contributed by atoms with Crippen LogP contribution in [0.25, 0.3) is 28.0 Å². The molecule has 0 saturated carbocycles. The second-order valence-electron chi connectivity index (χ2n) is 7.64. The molecule has 0 amide bonds. The highest BCUT2D eigenvalue weighted by molar-refractivity contribution is 6.09. The number of anilines is 1. The Labute approximate surface area is 170 Å². The number of nitrogens with one attached hydrogen (secondary N) is 1. The SMILES string of the molecule is Cc1cccc2[nH]c3c(N4CCN(CC=Cc5ccccc5)CC4)ncnc3c12. The molecule has 29 heavy (non-hydrogen) atoms. The van der Waals surface area contributed by atoms with Gasteiger partial charge in [0.1, 0.15) is 17.4 Å². The fourth-order valence-corrected chi connectivity index (χ4v) is 4.19. The van der Waals surface area contributed by atoms with Crippen molar-refractivity contribution < 1.29 is 0 Å². The quantitative estimate of drug-likeness (QED) is 0.572. The summed E-state index contributed by atoms with van der Waals surface area (Å²) in [5.74, 6) is 1.02. The van der Waals surface area contributed by atoms with Gasteiger partial charge in [0.2, 0.25) is 0 Å². The van der Waals surface area contributed by atoms with Gasteiger partial charge in [-0.3, -0.25) is 4.90 Å². The van der Waals surface area contributed by atoms with Gasteiger partial charge in [0, 0.05) is 43.6 Å². The Bertz CT molecular complexity index is 1150. The van der Waals surface area contributed by atoms with Gasteiger partial charge < -0.3 is 9.88 Å². The van der Waals surface area contributed by atoms with Crippen LogP contribution in [0, 0.1) is 6.92 Å². The molecule has 1 fully saturated rings. The maximum Gasteiger partial charge on any atom is 0.156 e. The van der Waals surface area contributed by atoms with E-state index in [1.165, 1.54) is 16.5 Å². The summed E-state index contributed by atoms with van der Waals surface area (Å²) in [6, 6.07) is 16.8. The van der Waals surface area contributed by atoms with Crippen LogP contribution in [0.4, 0.5) is 5.82 Å². The summed E-state index contributed by atoms with van der Waals surface area (Å²) in [6.07, 6.45) is 6.16. The van der Waals surface area contributed by atoms with Crippen molar-refractivity contribution in [3.63, 3.8) is 0 Å². The molecule has 1 saturated heterocycles. The summed E-state index contributed by atoms with van der Waals surface area (Å²) >= 11 is 0. The molecule has 0 atom stereocenters. The van der Waals surface area contributed by atoms with Crippen molar-refractivity contribution in [3.05, 3.63) is 72.1 Å². The van der Waals surface area contributed by atoms with E-state index < -0.39 is 0 Å². The molecular formula is C24H25N5. The first-order valence-corrected chi connectivity index (χ1v) is 10.2. The number of piperazine rings is 1. The van der Waals surface area contributed by atoms with E-state index in [4.69, 9.17) is 0 Å². The fraction of sp³-hybridized carbons (Fsp3) is 0.250. The van der Waals surface area contributed by atoms with Crippen molar-refractivity contribution in [3.8, 4) is 0 Å². The third-order valence-electron chi connectivity index (χ3n) is 5.74. The molecule has 0 unspecified atom stereocenters. The number of H-pyrrole nitrogens is 1. The van der Waals surface area contributed by atoms with Crippen LogP contribution in [0.15, 0.2) is 60.9 Å². The third-order valence-corrected chi connectivity index (χ3v) is 5.74. The van der Waals surface area contributed by atoms with Gasteiger partial charge in [-0.1, -0.05) is 54.6 Å². The molecule has 5 nitrogen and oxygen atoms in total. The molecule has 5 heteroatoms. The van der Waals surface area contributed by atoms with Gasteiger partial charge in [-0.25, -0.2) is 9.97 Å². The number of aromatic nitrogens is 3. The summed E-state index contributed by atoms with van der Waals surface area (Å²) < 4.78 is 0. The lowest BCUT2D eigenvalue weighted by atomic mass is 10.1. The summed E-state index contributed by atoms with van der Waals surface area (Å²) in [5, 5.41) is 1.20. The van der Waals surface area contributed by atoms with Gasteiger partial charge in [-0.05, 0) is 24.1 Å². The fourth-order valence-electron chi connectivity index (χ4n) is 4.19. The first-order valence-electron chi connectivity index (χ1n) is 10.2. The number of nitrogens with zero attached hydrogens (tertiary/aromatic N) is 4. The van der Waals surface area contributed by atoms with Crippen LogP contribution in [0.3, 0.4) is 0 Å². The van der Waals surface area contributed by atoms with Crippen molar-refractivity contribution in [1.29, 1.82) is 0 Å². The Morgan fingerprint density at radius 3 is 2.62 bits per heavy atom. The Balaban J connectivity index is 1.31. The molecule has 2 aromatic carbocycles. The molecule has 146 valence electrons. The number of benzene rings is 2. The lowest BCUT2D eigenvalue weighted by molar-refractivity contribution is 0.284. The van der Waals surface area contributed by atoms with Crippen molar-refractivity contribution in [2.45, 2.75) is 6.92 Å². The molecule has 1 N–H and O–H groups in total. The lowest BCUT2D eigenvalue weighted by Crippen LogP contribution is -2.46. The van der Waals surface area contributed by atoms with Crippen LogP contribution in [0.5, 0.6) is 0 Å². The molecule has 1 aliphatic rings. The van der Waals surface area contributed by atoms with Gasteiger partial charge in [-0.15, -0.1) is 0 Å². The van der Waals surface area contributed by atoms with E-state index in [0.717, 1.165) is 55.1 Å².